The fourth-order valence-corrected chi connectivity index (χ4v) is 4.23. The number of nitrogens with zero attached hydrogens (tertiary/aromatic N) is 2. The first-order chi connectivity index (χ1) is 13.2. The number of morpholine rings is 1. The lowest BCUT2D eigenvalue weighted by atomic mass is 10.2. The molecule has 0 spiro atoms. The third kappa shape index (κ3) is 4.50. The van der Waals surface area contributed by atoms with Crippen LogP contribution >= 0.6 is 22.9 Å². The van der Waals surface area contributed by atoms with Gasteiger partial charge in [-0.3, -0.25) is 9.20 Å². The van der Waals surface area contributed by atoms with Crippen molar-refractivity contribution in [2.24, 2.45) is 0 Å². The highest BCUT2D eigenvalue weighted by Crippen LogP contribution is 2.25. The molecule has 4 rings (SSSR count). The maximum atomic E-state index is 12.3. The van der Waals surface area contributed by atoms with Crippen molar-refractivity contribution < 1.29 is 14.4 Å². The number of quaternary nitrogens is 1. The molecule has 142 valence electrons. The van der Waals surface area contributed by atoms with Crippen LogP contribution in [0.5, 0.6) is 0 Å². The molecule has 1 aliphatic heterocycles. The monoisotopic (exact) mass is 405 g/mol. The Labute approximate surface area is 166 Å². The van der Waals surface area contributed by atoms with Gasteiger partial charge in [-0.2, -0.15) is 0 Å². The maximum Gasteiger partial charge on any atom is 0.226 e. The van der Waals surface area contributed by atoms with Gasteiger partial charge in [0.1, 0.15) is 13.1 Å². The molecule has 0 radical (unpaired) electrons. The van der Waals surface area contributed by atoms with Crippen LogP contribution in [0.25, 0.3) is 16.2 Å². The molecule has 0 aliphatic carbocycles. The summed E-state index contributed by atoms with van der Waals surface area (Å²) in [6, 6.07) is 7.62. The second-order valence-electron chi connectivity index (χ2n) is 6.65. The Morgan fingerprint density at radius 3 is 2.85 bits per heavy atom. The maximum absolute atomic E-state index is 12.3. The van der Waals surface area contributed by atoms with Crippen molar-refractivity contribution in [2.75, 3.05) is 39.4 Å². The second-order valence-corrected chi connectivity index (χ2v) is 7.92. The van der Waals surface area contributed by atoms with Crippen LogP contribution < -0.4 is 10.2 Å². The van der Waals surface area contributed by atoms with Gasteiger partial charge < -0.3 is 15.0 Å². The van der Waals surface area contributed by atoms with E-state index >= 15 is 0 Å². The number of hydrogen-bond acceptors (Lipinski definition) is 4. The quantitative estimate of drug-likeness (QED) is 0.649. The Morgan fingerprint density at radius 1 is 1.30 bits per heavy atom. The molecule has 3 aromatic rings. The number of rotatable bonds is 6. The lowest BCUT2D eigenvalue weighted by molar-refractivity contribution is -0.906. The van der Waals surface area contributed by atoms with E-state index in [-0.39, 0.29) is 5.91 Å². The van der Waals surface area contributed by atoms with Crippen LogP contribution in [0.15, 0.2) is 35.8 Å². The number of hydrogen-bond donors (Lipinski definition) is 2. The number of benzene rings is 1. The predicted molar refractivity (Wildman–Crippen MR) is 107 cm³/mol. The van der Waals surface area contributed by atoms with Gasteiger partial charge in [0.25, 0.3) is 0 Å². The first-order valence-electron chi connectivity index (χ1n) is 9.08. The first-order valence-corrected chi connectivity index (χ1v) is 10.3. The van der Waals surface area contributed by atoms with E-state index in [2.05, 4.69) is 10.3 Å². The number of nitrogens with one attached hydrogen (secondary N) is 2. The highest BCUT2D eigenvalue weighted by molar-refractivity contribution is 7.15. The SMILES string of the molecule is O=C(Cc1csc2nc(-c3ccc(Cl)cc3)cn12)NCC[NH+]1CCOCC1. The minimum atomic E-state index is 0.0455. The van der Waals surface area contributed by atoms with Crippen molar-refractivity contribution in [3.05, 3.63) is 46.6 Å². The molecule has 1 aromatic carbocycles. The third-order valence-electron chi connectivity index (χ3n) is 4.77. The smallest absolute Gasteiger partial charge is 0.226 e. The van der Waals surface area contributed by atoms with Gasteiger partial charge in [-0.25, -0.2) is 4.98 Å². The highest BCUT2D eigenvalue weighted by Gasteiger charge is 2.15. The van der Waals surface area contributed by atoms with Crippen molar-refractivity contribution >= 4 is 33.8 Å². The van der Waals surface area contributed by atoms with Crippen molar-refractivity contribution in [2.45, 2.75) is 6.42 Å². The summed E-state index contributed by atoms with van der Waals surface area (Å²) in [6.07, 6.45) is 2.34. The van der Waals surface area contributed by atoms with Crippen LogP contribution in [0, 0.1) is 0 Å². The average molecular weight is 406 g/mol. The van der Waals surface area contributed by atoms with Gasteiger partial charge in [-0.15, -0.1) is 11.3 Å². The average Bonchev–Trinajstić information content (AvgIpc) is 3.25. The zero-order valence-electron chi connectivity index (χ0n) is 14.9. The normalized spacial score (nSPS) is 15.3. The van der Waals surface area contributed by atoms with Gasteiger partial charge in [0.05, 0.1) is 38.4 Å². The molecule has 1 amide bonds. The van der Waals surface area contributed by atoms with Crippen LogP contribution in [-0.4, -0.2) is 54.7 Å². The van der Waals surface area contributed by atoms with Gasteiger partial charge >= 0.3 is 0 Å². The zero-order valence-corrected chi connectivity index (χ0v) is 16.5. The molecule has 3 heterocycles. The standard InChI is InChI=1S/C19H21ClN4O2S/c20-15-3-1-14(2-4-15)17-12-24-16(13-27-19(24)22-17)11-18(25)21-5-6-23-7-9-26-10-8-23/h1-4,12-13H,5-11H2,(H,21,25)/p+1. The summed E-state index contributed by atoms with van der Waals surface area (Å²) in [5.74, 6) is 0.0455. The molecule has 1 aliphatic rings. The lowest BCUT2D eigenvalue weighted by Gasteiger charge is -2.23. The summed E-state index contributed by atoms with van der Waals surface area (Å²) < 4.78 is 7.36. The van der Waals surface area contributed by atoms with Crippen molar-refractivity contribution in [1.82, 2.24) is 14.7 Å². The number of carbonyl (C=O) groups excluding carboxylic acids is 1. The lowest BCUT2D eigenvalue weighted by Crippen LogP contribution is -3.14. The van der Waals surface area contributed by atoms with Crippen LogP contribution in [0.1, 0.15) is 5.69 Å². The molecule has 0 bridgehead atoms. The largest absolute Gasteiger partial charge is 0.370 e. The van der Waals surface area contributed by atoms with E-state index in [9.17, 15) is 4.79 Å². The van der Waals surface area contributed by atoms with Crippen LogP contribution in [0.2, 0.25) is 5.02 Å². The topological polar surface area (TPSA) is 60.1 Å². The van der Waals surface area contributed by atoms with E-state index in [4.69, 9.17) is 16.3 Å². The third-order valence-corrected chi connectivity index (χ3v) is 5.91. The molecule has 2 N–H and O–H groups in total. The number of amides is 1. The number of fused-ring (bicyclic) bond motifs is 1. The van der Waals surface area contributed by atoms with Gasteiger partial charge in [-0.05, 0) is 12.1 Å². The summed E-state index contributed by atoms with van der Waals surface area (Å²) in [4.78, 5) is 19.4. The Balaban J connectivity index is 1.37. The molecule has 1 saturated heterocycles. The van der Waals surface area contributed by atoms with Crippen molar-refractivity contribution in [1.29, 1.82) is 0 Å². The number of thiazole rings is 1. The molecule has 0 atom stereocenters. The Morgan fingerprint density at radius 2 is 2.07 bits per heavy atom. The molecule has 27 heavy (non-hydrogen) atoms. The fourth-order valence-electron chi connectivity index (χ4n) is 3.23. The summed E-state index contributed by atoms with van der Waals surface area (Å²) in [7, 11) is 0. The molecule has 8 heteroatoms. The van der Waals surface area contributed by atoms with E-state index in [0.717, 1.165) is 54.8 Å². The van der Waals surface area contributed by atoms with Crippen molar-refractivity contribution in [3.8, 4) is 11.3 Å². The van der Waals surface area contributed by atoms with Crippen LogP contribution in [0.3, 0.4) is 0 Å². The second kappa shape index (κ2) is 8.39. The molecule has 2 aromatic heterocycles. The number of aromatic nitrogens is 2. The summed E-state index contributed by atoms with van der Waals surface area (Å²) >= 11 is 7.50. The molecule has 0 unspecified atom stereocenters. The van der Waals surface area contributed by atoms with Gasteiger partial charge in [0.2, 0.25) is 5.91 Å². The number of imidazole rings is 1. The Bertz CT molecular complexity index is 916. The Hall–Kier alpha value is -1.93. The molecule has 6 nitrogen and oxygen atoms in total. The number of ether oxygens (including phenoxy) is 1. The molecular formula is C19H22ClN4O2S+. The number of carbonyl (C=O) groups is 1. The minimum absolute atomic E-state index is 0.0455. The molecule has 1 fully saturated rings. The van der Waals surface area contributed by atoms with Crippen LogP contribution in [0.4, 0.5) is 0 Å². The number of halogens is 1. The van der Waals surface area contributed by atoms with E-state index in [1.807, 2.05) is 40.2 Å². The molecular weight excluding hydrogens is 384 g/mol. The first kappa shape index (κ1) is 18.4. The van der Waals surface area contributed by atoms with Crippen LogP contribution in [-0.2, 0) is 16.0 Å². The minimum Gasteiger partial charge on any atom is -0.370 e. The Kier molecular flexibility index (Phi) is 5.73. The summed E-state index contributed by atoms with van der Waals surface area (Å²) in [5, 5.41) is 5.74. The molecule has 0 saturated carbocycles. The van der Waals surface area contributed by atoms with E-state index in [1.54, 1.807) is 11.3 Å². The van der Waals surface area contributed by atoms with E-state index in [1.165, 1.54) is 4.90 Å². The highest BCUT2D eigenvalue weighted by atomic mass is 35.5. The predicted octanol–water partition coefficient (Wildman–Crippen LogP) is 1.29. The van der Waals surface area contributed by atoms with Gasteiger partial charge in [-0.1, -0.05) is 23.7 Å². The van der Waals surface area contributed by atoms with E-state index < -0.39 is 0 Å². The fraction of sp³-hybridized carbons (Fsp3) is 0.368. The zero-order chi connectivity index (χ0) is 18.6. The van der Waals surface area contributed by atoms with Gasteiger partial charge in [0.15, 0.2) is 4.96 Å². The summed E-state index contributed by atoms with van der Waals surface area (Å²) in [6.45, 7) is 5.30. The van der Waals surface area contributed by atoms with Gasteiger partial charge in [0, 0.05) is 27.9 Å². The van der Waals surface area contributed by atoms with E-state index in [0.29, 0.717) is 18.0 Å². The van der Waals surface area contributed by atoms with Crippen molar-refractivity contribution in [3.63, 3.8) is 0 Å². The summed E-state index contributed by atoms with van der Waals surface area (Å²) in [5.41, 5.74) is 2.86.